The van der Waals surface area contributed by atoms with Crippen molar-refractivity contribution in [3.8, 4) is 0 Å². The number of rotatable bonds is 2. The first-order valence-electron chi connectivity index (χ1n) is 6.03. The highest BCUT2D eigenvalue weighted by Crippen LogP contribution is 2.23. The van der Waals surface area contributed by atoms with Gasteiger partial charge in [-0.05, 0) is 31.6 Å². The van der Waals surface area contributed by atoms with Crippen LogP contribution in [0.15, 0.2) is 0 Å². The average Bonchev–Trinajstić information content (AvgIpc) is 2.16. The summed E-state index contributed by atoms with van der Waals surface area (Å²) in [6, 6.07) is 2.57. The lowest BCUT2D eigenvalue weighted by atomic mass is 10.4. The van der Waals surface area contributed by atoms with Gasteiger partial charge in [-0.1, -0.05) is 19.8 Å². The van der Waals surface area contributed by atoms with Gasteiger partial charge in [0.15, 0.2) is 8.32 Å². The highest BCUT2D eigenvalue weighted by Gasteiger charge is 2.30. The normalized spacial score (nSPS) is 36.6. The van der Waals surface area contributed by atoms with Crippen LogP contribution in [0, 0.1) is 0 Å². The minimum atomic E-state index is -1.43. The van der Waals surface area contributed by atoms with Crippen molar-refractivity contribution in [2.75, 3.05) is 6.61 Å². The van der Waals surface area contributed by atoms with Crippen LogP contribution in [-0.2, 0) is 12.7 Å². The third kappa shape index (κ3) is 5.41. The summed E-state index contributed by atoms with van der Waals surface area (Å²) in [4.78, 5) is 0. The first-order chi connectivity index (χ1) is 7.16. The van der Waals surface area contributed by atoms with Crippen LogP contribution in [0.3, 0.4) is 0 Å². The molecule has 0 N–H and O–H groups in total. The molecule has 0 aromatic rings. The first-order valence-corrected chi connectivity index (χ1v) is 12.1. The van der Waals surface area contributed by atoms with E-state index in [4.69, 9.17) is 12.7 Å². The average molecular weight is 265 g/mol. The van der Waals surface area contributed by atoms with Crippen molar-refractivity contribution in [2.24, 2.45) is 0 Å². The third-order valence-corrected chi connectivity index (χ3v) is 12.3. The molecule has 0 aromatic carbocycles. The van der Waals surface area contributed by atoms with E-state index in [1.54, 1.807) is 0 Å². The smallest absolute Gasteiger partial charge is 0.298 e. The molecule has 0 spiro atoms. The van der Waals surface area contributed by atoms with E-state index in [2.05, 4.69) is 20.0 Å². The molecule has 0 saturated carbocycles. The lowest BCUT2D eigenvalue weighted by Gasteiger charge is -2.31. The van der Waals surface area contributed by atoms with Gasteiger partial charge >= 0.3 is 0 Å². The Labute approximate surface area is 98.5 Å². The maximum absolute atomic E-state index is 6.26. The molecule has 0 aliphatic carbocycles. The van der Waals surface area contributed by atoms with Crippen molar-refractivity contribution >= 4 is 27.6 Å². The predicted molar refractivity (Wildman–Crippen MR) is 70.4 cm³/mol. The zero-order chi connectivity index (χ0) is 11.1. The van der Waals surface area contributed by atoms with Crippen LogP contribution in [0.25, 0.3) is 0 Å². The molecule has 0 radical (unpaired) electrons. The maximum atomic E-state index is 6.26. The van der Waals surface area contributed by atoms with Crippen molar-refractivity contribution in [2.45, 2.75) is 51.4 Å². The Hall–Kier alpha value is 0.531. The Morgan fingerprint density at radius 2 is 2.20 bits per heavy atom. The molecular weight excluding hydrogens is 240 g/mol. The largest absolute Gasteiger partial charge is 0.438 e. The van der Waals surface area contributed by atoms with E-state index in [0.29, 0.717) is 0 Å². The zero-order valence-corrected chi connectivity index (χ0v) is 13.8. The summed E-state index contributed by atoms with van der Waals surface area (Å²) in [5.74, 6) is 0. The fourth-order valence-electron chi connectivity index (χ4n) is 2.11. The van der Waals surface area contributed by atoms with Gasteiger partial charge in [-0.25, -0.2) is 0 Å². The summed E-state index contributed by atoms with van der Waals surface area (Å²) in [7, 11) is -3.55. The van der Waals surface area contributed by atoms with Crippen molar-refractivity contribution in [3.63, 3.8) is 0 Å². The Balaban J connectivity index is 2.49. The van der Waals surface area contributed by atoms with Gasteiger partial charge in [0.2, 0.25) is 0 Å². The van der Waals surface area contributed by atoms with Crippen LogP contribution in [0.1, 0.15) is 26.2 Å². The van der Waals surface area contributed by atoms with Gasteiger partial charge in [0.25, 0.3) is 19.3 Å². The highest BCUT2D eigenvalue weighted by atomic mass is 28.4. The summed E-state index contributed by atoms with van der Waals surface area (Å²) in [5.41, 5.74) is 0. The van der Waals surface area contributed by atoms with E-state index in [-0.39, 0.29) is 0 Å². The van der Waals surface area contributed by atoms with E-state index in [0.717, 1.165) is 6.61 Å². The van der Waals surface area contributed by atoms with Crippen molar-refractivity contribution in [3.05, 3.63) is 0 Å². The van der Waals surface area contributed by atoms with Crippen LogP contribution in [0.5, 0.6) is 0 Å². The Morgan fingerprint density at radius 1 is 1.40 bits per heavy atom. The second-order valence-corrected chi connectivity index (χ2v) is 12.5. The summed E-state index contributed by atoms with van der Waals surface area (Å²) in [6.45, 7) is 7.70. The van der Waals surface area contributed by atoms with Gasteiger partial charge in [-0.15, -0.1) is 0 Å². The SMILES string of the molecule is CCC[Si]1(C)CCCCO[SiH2]O[SiH](C)O1. The second-order valence-electron chi connectivity index (χ2n) is 4.54. The molecule has 1 aliphatic heterocycles. The molecule has 1 aliphatic rings. The van der Waals surface area contributed by atoms with Crippen LogP contribution >= 0.6 is 0 Å². The monoisotopic (exact) mass is 264 g/mol. The van der Waals surface area contributed by atoms with Crippen molar-refractivity contribution < 1.29 is 12.7 Å². The fraction of sp³-hybridized carbons (Fsp3) is 1.00. The van der Waals surface area contributed by atoms with Crippen molar-refractivity contribution in [1.82, 2.24) is 0 Å². The predicted octanol–water partition coefficient (Wildman–Crippen LogP) is 1.66. The number of hydrogen-bond donors (Lipinski definition) is 0. The summed E-state index contributed by atoms with van der Waals surface area (Å²) >= 11 is 0. The van der Waals surface area contributed by atoms with E-state index in [9.17, 15) is 0 Å². The molecule has 15 heavy (non-hydrogen) atoms. The molecule has 0 amide bonds. The molecular formula is C9H24O3Si3. The van der Waals surface area contributed by atoms with E-state index in [1.807, 2.05) is 0 Å². The topological polar surface area (TPSA) is 27.7 Å². The molecule has 3 nitrogen and oxygen atoms in total. The summed E-state index contributed by atoms with van der Waals surface area (Å²) in [5, 5.41) is 0. The molecule has 6 heteroatoms. The highest BCUT2D eigenvalue weighted by molar-refractivity contribution is 6.78. The molecule has 0 bridgehead atoms. The number of hydrogen-bond acceptors (Lipinski definition) is 3. The Bertz CT molecular complexity index is 182. The molecule has 2 unspecified atom stereocenters. The first kappa shape index (κ1) is 13.6. The molecule has 1 fully saturated rings. The fourth-order valence-corrected chi connectivity index (χ4v) is 10.9. The standard InChI is InChI=1S/C9H24O3Si3/c1-4-8-15(3)9-6-5-7-10-13-11-14(2)12-15/h14H,4-9,13H2,1-3H3. The third-order valence-electron chi connectivity index (χ3n) is 2.86. The van der Waals surface area contributed by atoms with Crippen LogP contribution < -0.4 is 0 Å². The summed E-state index contributed by atoms with van der Waals surface area (Å²) in [6.07, 6.45) is 3.71. The van der Waals surface area contributed by atoms with E-state index < -0.39 is 27.6 Å². The Morgan fingerprint density at radius 3 is 2.93 bits per heavy atom. The quantitative estimate of drug-likeness (QED) is 0.710. The minimum absolute atomic E-state index is 0.737. The van der Waals surface area contributed by atoms with Gasteiger partial charge in [0.05, 0.1) is 0 Å². The molecule has 1 rings (SSSR count). The van der Waals surface area contributed by atoms with Gasteiger partial charge in [-0.3, -0.25) is 0 Å². The second kappa shape index (κ2) is 6.97. The molecule has 1 saturated heterocycles. The zero-order valence-electron chi connectivity index (χ0n) is 10.3. The molecule has 2 atom stereocenters. The van der Waals surface area contributed by atoms with Gasteiger partial charge < -0.3 is 12.7 Å². The van der Waals surface area contributed by atoms with Gasteiger partial charge in [0, 0.05) is 6.61 Å². The lowest BCUT2D eigenvalue weighted by Crippen LogP contribution is -2.42. The van der Waals surface area contributed by atoms with Crippen LogP contribution in [0.2, 0.25) is 25.2 Å². The minimum Gasteiger partial charge on any atom is -0.438 e. The molecule has 0 aromatic heterocycles. The van der Waals surface area contributed by atoms with Gasteiger partial charge in [-0.2, -0.15) is 0 Å². The van der Waals surface area contributed by atoms with Crippen LogP contribution in [0.4, 0.5) is 0 Å². The van der Waals surface area contributed by atoms with E-state index in [1.165, 1.54) is 31.4 Å². The summed E-state index contributed by atoms with van der Waals surface area (Å²) < 4.78 is 17.5. The Kier molecular flexibility index (Phi) is 6.32. The van der Waals surface area contributed by atoms with E-state index >= 15 is 0 Å². The maximum Gasteiger partial charge on any atom is 0.298 e. The van der Waals surface area contributed by atoms with Crippen LogP contribution in [-0.4, -0.2) is 34.2 Å². The lowest BCUT2D eigenvalue weighted by molar-refractivity contribution is 0.266. The molecule has 1 heterocycles. The van der Waals surface area contributed by atoms with Crippen molar-refractivity contribution in [1.29, 1.82) is 0 Å². The van der Waals surface area contributed by atoms with Gasteiger partial charge in [0.1, 0.15) is 0 Å². The molecule has 90 valence electrons.